The SMILES string of the molecule is C=Cc1ccc(OCOC)c(C(C)=O)c1. The first kappa shape index (κ1) is 11.5. The molecular formula is C12H14O3. The summed E-state index contributed by atoms with van der Waals surface area (Å²) in [5, 5.41) is 0. The van der Waals surface area contributed by atoms with Crippen LogP contribution in [0.15, 0.2) is 24.8 Å². The van der Waals surface area contributed by atoms with Crippen molar-refractivity contribution in [3.05, 3.63) is 35.9 Å². The fourth-order valence-corrected chi connectivity index (χ4v) is 1.20. The molecule has 0 fully saturated rings. The monoisotopic (exact) mass is 206 g/mol. The van der Waals surface area contributed by atoms with Gasteiger partial charge in [-0.3, -0.25) is 4.79 Å². The second-order valence-electron chi connectivity index (χ2n) is 3.07. The van der Waals surface area contributed by atoms with Crippen LogP contribution in [0.3, 0.4) is 0 Å². The van der Waals surface area contributed by atoms with E-state index >= 15 is 0 Å². The van der Waals surface area contributed by atoms with E-state index < -0.39 is 0 Å². The Hall–Kier alpha value is -1.61. The summed E-state index contributed by atoms with van der Waals surface area (Å²) in [7, 11) is 1.53. The number of carbonyl (C=O) groups excluding carboxylic acids is 1. The molecule has 0 bridgehead atoms. The molecule has 1 rings (SSSR count). The third-order valence-corrected chi connectivity index (χ3v) is 1.95. The van der Waals surface area contributed by atoms with E-state index in [-0.39, 0.29) is 12.6 Å². The first-order valence-electron chi connectivity index (χ1n) is 4.58. The summed E-state index contributed by atoms with van der Waals surface area (Å²) < 4.78 is 10.1. The number of ether oxygens (including phenoxy) is 2. The third-order valence-electron chi connectivity index (χ3n) is 1.95. The minimum atomic E-state index is -0.0372. The van der Waals surface area contributed by atoms with E-state index in [0.29, 0.717) is 11.3 Å². The van der Waals surface area contributed by atoms with Gasteiger partial charge in [-0.25, -0.2) is 0 Å². The molecule has 0 atom stereocenters. The molecule has 0 spiro atoms. The van der Waals surface area contributed by atoms with Crippen molar-refractivity contribution in [3.8, 4) is 5.75 Å². The molecule has 0 aromatic heterocycles. The van der Waals surface area contributed by atoms with Crippen molar-refractivity contribution in [2.75, 3.05) is 13.9 Å². The zero-order chi connectivity index (χ0) is 11.3. The Morgan fingerprint density at radius 1 is 1.53 bits per heavy atom. The van der Waals surface area contributed by atoms with E-state index in [0.717, 1.165) is 5.56 Å². The third kappa shape index (κ3) is 2.92. The molecule has 0 amide bonds. The zero-order valence-corrected chi connectivity index (χ0v) is 8.95. The topological polar surface area (TPSA) is 35.5 Å². The Morgan fingerprint density at radius 3 is 2.80 bits per heavy atom. The summed E-state index contributed by atoms with van der Waals surface area (Å²) in [5.41, 5.74) is 1.44. The summed E-state index contributed by atoms with van der Waals surface area (Å²) in [5.74, 6) is 0.500. The Morgan fingerprint density at radius 2 is 2.27 bits per heavy atom. The van der Waals surface area contributed by atoms with Crippen LogP contribution in [0.4, 0.5) is 0 Å². The minimum Gasteiger partial charge on any atom is -0.467 e. The summed E-state index contributed by atoms with van der Waals surface area (Å²) in [4.78, 5) is 11.3. The number of ketones is 1. The lowest BCUT2D eigenvalue weighted by Gasteiger charge is -2.09. The minimum absolute atomic E-state index is 0.0372. The molecule has 0 aliphatic rings. The fourth-order valence-electron chi connectivity index (χ4n) is 1.20. The maximum atomic E-state index is 11.3. The molecule has 1 aromatic carbocycles. The molecule has 0 N–H and O–H groups in total. The van der Waals surface area contributed by atoms with E-state index in [2.05, 4.69) is 6.58 Å². The van der Waals surface area contributed by atoms with E-state index in [1.807, 2.05) is 6.07 Å². The van der Waals surface area contributed by atoms with Gasteiger partial charge in [-0.2, -0.15) is 0 Å². The normalized spacial score (nSPS) is 9.73. The predicted octanol–water partition coefficient (Wildman–Crippen LogP) is 2.51. The summed E-state index contributed by atoms with van der Waals surface area (Å²) >= 11 is 0. The molecule has 0 unspecified atom stereocenters. The van der Waals surface area contributed by atoms with Gasteiger partial charge in [0.15, 0.2) is 12.6 Å². The number of carbonyl (C=O) groups is 1. The Bertz CT molecular complexity index is 369. The first-order valence-corrected chi connectivity index (χ1v) is 4.58. The Balaban J connectivity index is 3.03. The van der Waals surface area contributed by atoms with Crippen molar-refractivity contribution in [3.63, 3.8) is 0 Å². The number of rotatable bonds is 5. The average Bonchev–Trinajstić information content (AvgIpc) is 2.26. The van der Waals surface area contributed by atoms with Crippen molar-refractivity contribution in [2.45, 2.75) is 6.92 Å². The predicted molar refractivity (Wildman–Crippen MR) is 59.0 cm³/mol. The van der Waals surface area contributed by atoms with Gasteiger partial charge < -0.3 is 9.47 Å². The first-order chi connectivity index (χ1) is 7.19. The quantitative estimate of drug-likeness (QED) is 0.548. The fraction of sp³-hybridized carbons (Fsp3) is 0.250. The second-order valence-corrected chi connectivity index (χ2v) is 3.07. The van der Waals surface area contributed by atoms with Crippen LogP contribution in [-0.2, 0) is 4.74 Å². The van der Waals surface area contributed by atoms with Crippen LogP contribution in [0, 0.1) is 0 Å². The molecule has 0 saturated heterocycles. The van der Waals surface area contributed by atoms with Crippen LogP contribution < -0.4 is 4.74 Å². The van der Waals surface area contributed by atoms with Gasteiger partial charge in [-0.15, -0.1) is 0 Å². The maximum absolute atomic E-state index is 11.3. The van der Waals surface area contributed by atoms with E-state index in [1.54, 1.807) is 18.2 Å². The molecule has 15 heavy (non-hydrogen) atoms. The number of hydrogen-bond donors (Lipinski definition) is 0. The number of benzene rings is 1. The van der Waals surface area contributed by atoms with Gasteiger partial charge in [0.05, 0.1) is 5.56 Å². The number of Topliss-reactive ketones (excluding diaryl/α,β-unsaturated/α-hetero) is 1. The Kier molecular flexibility index (Phi) is 4.06. The van der Waals surface area contributed by atoms with Gasteiger partial charge in [0.25, 0.3) is 0 Å². The number of hydrogen-bond acceptors (Lipinski definition) is 3. The largest absolute Gasteiger partial charge is 0.467 e. The highest BCUT2D eigenvalue weighted by atomic mass is 16.7. The van der Waals surface area contributed by atoms with Crippen molar-refractivity contribution in [1.29, 1.82) is 0 Å². The van der Waals surface area contributed by atoms with Gasteiger partial charge in [-0.05, 0) is 24.6 Å². The van der Waals surface area contributed by atoms with Gasteiger partial charge in [0, 0.05) is 7.11 Å². The number of methoxy groups -OCH3 is 1. The molecule has 3 nitrogen and oxygen atoms in total. The lowest BCUT2D eigenvalue weighted by Crippen LogP contribution is -2.04. The lowest BCUT2D eigenvalue weighted by atomic mass is 10.1. The molecular weight excluding hydrogens is 192 g/mol. The van der Waals surface area contributed by atoms with Crippen molar-refractivity contribution in [2.24, 2.45) is 0 Å². The van der Waals surface area contributed by atoms with E-state index in [9.17, 15) is 4.79 Å². The standard InChI is InChI=1S/C12H14O3/c1-4-10-5-6-12(15-8-14-3)11(7-10)9(2)13/h4-7H,1,8H2,2-3H3. The highest BCUT2D eigenvalue weighted by Crippen LogP contribution is 2.21. The van der Waals surface area contributed by atoms with Gasteiger partial charge in [0.1, 0.15) is 5.75 Å². The van der Waals surface area contributed by atoms with Crippen LogP contribution >= 0.6 is 0 Å². The van der Waals surface area contributed by atoms with Crippen LogP contribution in [-0.4, -0.2) is 19.7 Å². The molecule has 0 aliphatic heterocycles. The highest BCUT2D eigenvalue weighted by Gasteiger charge is 2.08. The van der Waals surface area contributed by atoms with Crippen molar-refractivity contribution >= 4 is 11.9 Å². The molecule has 0 aliphatic carbocycles. The summed E-state index contributed by atoms with van der Waals surface area (Å²) in [6.07, 6.45) is 1.69. The van der Waals surface area contributed by atoms with Gasteiger partial charge >= 0.3 is 0 Å². The van der Waals surface area contributed by atoms with Gasteiger partial charge in [-0.1, -0.05) is 18.7 Å². The van der Waals surface area contributed by atoms with E-state index in [1.165, 1.54) is 14.0 Å². The molecule has 0 heterocycles. The molecule has 1 aromatic rings. The van der Waals surface area contributed by atoms with Crippen LogP contribution in [0.1, 0.15) is 22.8 Å². The Labute approximate surface area is 89.3 Å². The van der Waals surface area contributed by atoms with Crippen LogP contribution in [0.25, 0.3) is 6.08 Å². The summed E-state index contributed by atoms with van der Waals surface area (Å²) in [6, 6.07) is 5.33. The van der Waals surface area contributed by atoms with Crippen molar-refractivity contribution < 1.29 is 14.3 Å². The molecule has 80 valence electrons. The van der Waals surface area contributed by atoms with Crippen LogP contribution in [0.5, 0.6) is 5.75 Å². The highest BCUT2D eigenvalue weighted by molar-refractivity contribution is 5.97. The average molecular weight is 206 g/mol. The zero-order valence-electron chi connectivity index (χ0n) is 8.95. The smallest absolute Gasteiger partial charge is 0.188 e. The molecule has 3 heteroatoms. The summed E-state index contributed by atoms with van der Waals surface area (Å²) in [6.45, 7) is 5.28. The second kappa shape index (κ2) is 5.32. The maximum Gasteiger partial charge on any atom is 0.188 e. The van der Waals surface area contributed by atoms with E-state index in [4.69, 9.17) is 9.47 Å². The van der Waals surface area contributed by atoms with Gasteiger partial charge in [0.2, 0.25) is 0 Å². The van der Waals surface area contributed by atoms with Crippen molar-refractivity contribution in [1.82, 2.24) is 0 Å². The lowest BCUT2D eigenvalue weighted by molar-refractivity contribution is 0.0503. The van der Waals surface area contributed by atoms with Crippen LogP contribution in [0.2, 0.25) is 0 Å². The molecule has 0 saturated carbocycles. The molecule has 0 radical (unpaired) electrons.